The minimum atomic E-state index is 0.650. The summed E-state index contributed by atoms with van der Waals surface area (Å²) in [6.07, 6.45) is 1.22. The third-order valence-corrected chi connectivity index (χ3v) is 3.28. The number of nitrogens with one attached hydrogen (secondary N) is 1. The Labute approximate surface area is 104 Å². The molecule has 2 heteroatoms. The number of hydrogen-bond acceptors (Lipinski definition) is 2. The van der Waals surface area contributed by atoms with Crippen molar-refractivity contribution in [2.75, 3.05) is 32.0 Å². The summed E-state index contributed by atoms with van der Waals surface area (Å²) in [6.45, 7) is 9.26. The monoisotopic (exact) mass is 230 g/mol. The van der Waals surface area contributed by atoms with Crippen LogP contribution in [-0.2, 0) is 0 Å². The van der Waals surface area contributed by atoms with Crippen molar-refractivity contribution in [3.05, 3.63) is 42.0 Å². The maximum Gasteiger partial charge on any atom is 0.0376 e. The molecule has 1 N–H and O–H groups in total. The van der Waals surface area contributed by atoms with Crippen molar-refractivity contribution in [1.82, 2.24) is 4.90 Å². The van der Waals surface area contributed by atoms with Gasteiger partial charge in [-0.15, -0.1) is 0 Å². The minimum Gasteiger partial charge on any atom is -0.385 e. The SMILES string of the molecule is C=C(C)CN(C)CC1CCNc2ccccc21. The minimum absolute atomic E-state index is 0.650. The van der Waals surface area contributed by atoms with Gasteiger partial charge >= 0.3 is 0 Å². The molecule has 2 nitrogen and oxygen atoms in total. The van der Waals surface area contributed by atoms with Crippen LogP contribution < -0.4 is 5.32 Å². The molecule has 1 aromatic carbocycles. The number of benzene rings is 1. The smallest absolute Gasteiger partial charge is 0.0376 e. The second kappa shape index (κ2) is 5.37. The Morgan fingerprint density at radius 1 is 1.47 bits per heavy atom. The number of likely N-dealkylation sites (N-methyl/N-ethyl adjacent to an activating group) is 1. The van der Waals surface area contributed by atoms with Crippen molar-refractivity contribution in [3.63, 3.8) is 0 Å². The number of fused-ring (bicyclic) bond motifs is 1. The van der Waals surface area contributed by atoms with Gasteiger partial charge in [-0.2, -0.15) is 0 Å². The van der Waals surface area contributed by atoms with Crippen LogP contribution in [0.1, 0.15) is 24.8 Å². The molecular weight excluding hydrogens is 208 g/mol. The quantitative estimate of drug-likeness (QED) is 0.800. The predicted molar refractivity (Wildman–Crippen MR) is 74.6 cm³/mol. The molecule has 0 amide bonds. The summed E-state index contributed by atoms with van der Waals surface area (Å²) in [7, 11) is 2.18. The highest BCUT2D eigenvalue weighted by Crippen LogP contribution is 2.31. The fourth-order valence-electron chi connectivity index (χ4n) is 2.64. The first-order valence-corrected chi connectivity index (χ1v) is 6.32. The van der Waals surface area contributed by atoms with E-state index in [0.29, 0.717) is 5.92 Å². The summed E-state index contributed by atoms with van der Waals surface area (Å²) < 4.78 is 0. The molecule has 1 atom stereocenters. The lowest BCUT2D eigenvalue weighted by Gasteiger charge is -2.30. The van der Waals surface area contributed by atoms with Gasteiger partial charge in [-0.3, -0.25) is 0 Å². The molecule has 1 aromatic rings. The fraction of sp³-hybridized carbons (Fsp3) is 0.467. The Bertz CT molecular complexity index is 398. The molecule has 0 spiro atoms. The zero-order valence-electron chi connectivity index (χ0n) is 10.9. The van der Waals surface area contributed by atoms with Gasteiger partial charge in [0.25, 0.3) is 0 Å². The lowest BCUT2D eigenvalue weighted by Crippen LogP contribution is -2.29. The van der Waals surface area contributed by atoms with E-state index in [-0.39, 0.29) is 0 Å². The predicted octanol–water partition coefficient (Wildman–Crippen LogP) is 3.09. The molecular formula is C15H22N2. The molecule has 0 saturated carbocycles. The molecule has 2 rings (SSSR count). The largest absolute Gasteiger partial charge is 0.385 e. The molecule has 0 aromatic heterocycles. The lowest BCUT2D eigenvalue weighted by molar-refractivity contribution is 0.327. The van der Waals surface area contributed by atoms with E-state index in [1.807, 2.05) is 0 Å². The van der Waals surface area contributed by atoms with Gasteiger partial charge in [-0.25, -0.2) is 0 Å². The average molecular weight is 230 g/mol. The molecule has 1 aliphatic rings. The van der Waals surface area contributed by atoms with Gasteiger partial charge in [0.05, 0.1) is 0 Å². The highest BCUT2D eigenvalue weighted by Gasteiger charge is 2.20. The third-order valence-electron chi connectivity index (χ3n) is 3.28. The Balaban J connectivity index is 2.05. The first-order chi connectivity index (χ1) is 8.16. The molecule has 0 bridgehead atoms. The van der Waals surface area contributed by atoms with Crippen molar-refractivity contribution in [2.24, 2.45) is 0 Å². The van der Waals surface area contributed by atoms with E-state index in [9.17, 15) is 0 Å². The zero-order valence-corrected chi connectivity index (χ0v) is 10.9. The molecule has 1 aliphatic heterocycles. The second-order valence-electron chi connectivity index (χ2n) is 5.15. The first kappa shape index (κ1) is 12.2. The lowest BCUT2D eigenvalue weighted by atomic mass is 9.90. The first-order valence-electron chi connectivity index (χ1n) is 6.32. The van der Waals surface area contributed by atoms with E-state index in [0.717, 1.165) is 19.6 Å². The normalized spacial score (nSPS) is 18.6. The van der Waals surface area contributed by atoms with E-state index in [1.165, 1.54) is 23.2 Å². The van der Waals surface area contributed by atoms with Gasteiger partial charge in [0, 0.05) is 31.2 Å². The van der Waals surface area contributed by atoms with Crippen LogP contribution in [0.25, 0.3) is 0 Å². The molecule has 0 fully saturated rings. The van der Waals surface area contributed by atoms with Crippen molar-refractivity contribution < 1.29 is 0 Å². The molecule has 0 radical (unpaired) electrons. The van der Waals surface area contributed by atoms with Crippen LogP contribution >= 0.6 is 0 Å². The summed E-state index contributed by atoms with van der Waals surface area (Å²) in [5.74, 6) is 0.650. The number of rotatable bonds is 4. The Kier molecular flexibility index (Phi) is 3.85. The molecule has 0 aliphatic carbocycles. The molecule has 17 heavy (non-hydrogen) atoms. The summed E-state index contributed by atoms with van der Waals surface area (Å²) in [5.41, 5.74) is 4.01. The van der Waals surface area contributed by atoms with Crippen LogP contribution in [0.3, 0.4) is 0 Å². The summed E-state index contributed by atoms with van der Waals surface area (Å²) in [6, 6.07) is 8.67. The summed E-state index contributed by atoms with van der Waals surface area (Å²) in [4.78, 5) is 2.37. The number of hydrogen-bond donors (Lipinski definition) is 1. The standard InChI is InChI=1S/C15H22N2/c1-12(2)10-17(3)11-13-8-9-16-15-7-5-4-6-14(13)15/h4-7,13,16H,1,8-11H2,2-3H3. The maximum absolute atomic E-state index is 3.98. The second-order valence-corrected chi connectivity index (χ2v) is 5.15. The highest BCUT2D eigenvalue weighted by atomic mass is 15.1. The summed E-state index contributed by atoms with van der Waals surface area (Å²) in [5, 5.41) is 3.47. The van der Waals surface area contributed by atoms with Crippen LogP contribution in [0, 0.1) is 0 Å². The van der Waals surface area contributed by atoms with Gasteiger partial charge < -0.3 is 10.2 Å². The topological polar surface area (TPSA) is 15.3 Å². The van der Waals surface area contributed by atoms with Gasteiger partial charge in [-0.05, 0) is 32.0 Å². The van der Waals surface area contributed by atoms with Gasteiger partial charge in [-0.1, -0.05) is 30.4 Å². The van der Waals surface area contributed by atoms with Gasteiger partial charge in [0.1, 0.15) is 0 Å². The number of para-hydroxylation sites is 1. The van der Waals surface area contributed by atoms with Crippen molar-refractivity contribution in [2.45, 2.75) is 19.3 Å². The van der Waals surface area contributed by atoms with Crippen molar-refractivity contribution >= 4 is 5.69 Å². The van der Waals surface area contributed by atoms with E-state index in [1.54, 1.807) is 0 Å². The van der Waals surface area contributed by atoms with Crippen LogP contribution in [-0.4, -0.2) is 31.6 Å². The van der Waals surface area contributed by atoms with E-state index >= 15 is 0 Å². The van der Waals surface area contributed by atoms with Crippen LogP contribution in [0.15, 0.2) is 36.4 Å². The number of nitrogens with zero attached hydrogens (tertiary/aromatic N) is 1. The van der Waals surface area contributed by atoms with Crippen LogP contribution in [0.4, 0.5) is 5.69 Å². The van der Waals surface area contributed by atoms with E-state index < -0.39 is 0 Å². The zero-order chi connectivity index (χ0) is 12.3. The van der Waals surface area contributed by atoms with E-state index in [2.05, 4.69) is 55.0 Å². The van der Waals surface area contributed by atoms with Gasteiger partial charge in [0.15, 0.2) is 0 Å². The van der Waals surface area contributed by atoms with Crippen molar-refractivity contribution in [3.8, 4) is 0 Å². The van der Waals surface area contributed by atoms with E-state index in [4.69, 9.17) is 0 Å². The Morgan fingerprint density at radius 3 is 3.00 bits per heavy atom. The fourth-order valence-corrected chi connectivity index (χ4v) is 2.64. The van der Waals surface area contributed by atoms with Crippen molar-refractivity contribution in [1.29, 1.82) is 0 Å². The molecule has 92 valence electrons. The average Bonchev–Trinajstić information content (AvgIpc) is 2.28. The molecule has 0 saturated heterocycles. The Morgan fingerprint density at radius 2 is 2.24 bits per heavy atom. The third kappa shape index (κ3) is 3.10. The molecule has 1 heterocycles. The molecule has 1 unspecified atom stereocenters. The van der Waals surface area contributed by atoms with Gasteiger partial charge in [0.2, 0.25) is 0 Å². The highest BCUT2D eigenvalue weighted by molar-refractivity contribution is 5.54. The maximum atomic E-state index is 3.98. The van der Waals surface area contributed by atoms with Crippen LogP contribution in [0.2, 0.25) is 0 Å². The summed E-state index contributed by atoms with van der Waals surface area (Å²) >= 11 is 0. The number of anilines is 1. The van der Waals surface area contributed by atoms with Crippen LogP contribution in [0.5, 0.6) is 0 Å². The Hall–Kier alpha value is -1.28.